The zero-order valence-electron chi connectivity index (χ0n) is 10.3. The van der Waals surface area contributed by atoms with Gasteiger partial charge in [-0.1, -0.05) is 11.6 Å². The minimum absolute atomic E-state index is 0.553. The molecule has 1 rings (SSSR count). The van der Waals surface area contributed by atoms with E-state index in [0.29, 0.717) is 12.5 Å². The van der Waals surface area contributed by atoms with Crippen LogP contribution in [-0.4, -0.2) is 35.4 Å². The van der Waals surface area contributed by atoms with Crippen LogP contribution in [0.4, 0.5) is 0 Å². The van der Waals surface area contributed by atoms with Gasteiger partial charge >= 0.3 is 0 Å². The lowest BCUT2D eigenvalue weighted by molar-refractivity contribution is 0.146. The molecule has 0 saturated carbocycles. The van der Waals surface area contributed by atoms with E-state index < -0.39 is 0 Å². The van der Waals surface area contributed by atoms with Crippen molar-refractivity contribution < 1.29 is 4.74 Å². The van der Waals surface area contributed by atoms with E-state index in [1.54, 1.807) is 0 Å². The topological polar surface area (TPSA) is 39.1 Å². The standard InChI is InChI=1S/C11H19Cl2N3O/c1-9-11(13)10(16(2)15-9)8-14-5-3-6-17-7-4-12/h14H,3-8H2,1-2H3. The van der Waals surface area contributed by atoms with E-state index in [0.717, 1.165) is 42.5 Å². The molecule has 0 aliphatic heterocycles. The molecule has 0 fully saturated rings. The van der Waals surface area contributed by atoms with Gasteiger partial charge in [-0.15, -0.1) is 11.6 Å². The Morgan fingerprint density at radius 2 is 2.18 bits per heavy atom. The molecule has 98 valence electrons. The average Bonchev–Trinajstić information content (AvgIpc) is 2.54. The summed E-state index contributed by atoms with van der Waals surface area (Å²) in [7, 11) is 1.90. The molecule has 6 heteroatoms. The van der Waals surface area contributed by atoms with Crippen molar-refractivity contribution in [2.24, 2.45) is 7.05 Å². The first-order valence-electron chi connectivity index (χ1n) is 5.69. The Bertz CT molecular complexity index is 342. The summed E-state index contributed by atoms with van der Waals surface area (Å²) in [5.74, 6) is 0.553. The number of alkyl halides is 1. The second-order valence-electron chi connectivity index (χ2n) is 3.80. The summed E-state index contributed by atoms with van der Waals surface area (Å²) in [5, 5.41) is 8.32. The Balaban J connectivity index is 2.18. The van der Waals surface area contributed by atoms with Crippen molar-refractivity contribution in [3.05, 3.63) is 16.4 Å². The maximum Gasteiger partial charge on any atom is 0.0860 e. The van der Waals surface area contributed by atoms with Gasteiger partial charge in [-0.3, -0.25) is 4.68 Å². The quantitative estimate of drug-likeness (QED) is 0.585. The molecule has 1 aromatic heterocycles. The summed E-state index contributed by atoms with van der Waals surface area (Å²) in [5.41, 5.74) is 1.89. The van der Waals surface area contributed by atoms with E-state index >= 15 is 0 Å². The molecular formula is C11H19Cl2N3O. The second-order valence-corrected chi connectivity index (χ2v) is 4.56. The molecule has 0 aliphatic carbocycles. The molecule has 4 nitrogen and oxygen atoms in total. The van der Waals surface area contributed by atoms with Crippen molar-refractivity contribution in [2.45, 2.75) is 19.9 Å². The number of nitrogens with one attached hydrogen (secondary N) is 1. The largest absolute Gasteiger partial charge is 0.380 e. The molecule has 0 unspecified atom stereocenters. The van der Waals surface area contributed by atoms with Gasteiger partial charge in [-0.05, 0) is 19.9 Å². The van der Waals surface area contributed by atoms with Gasteiger partial charge in [0.25, 0.3) is 0 Å². The number of rotatable bonds is 8. The van der Waals surface area contributed by atoms with E-state index in [-0.39, 0.29) is 0 Å². The monoisotopic (exact) mass is 279 g/mol. The van der Waals surface area contributed by atoms with E-state index in [2.05, 4.69) is 10.4 Å². The third-order valence-electron chi connectivity index (χ3n) is 2.42. The number of nitrogens with zero attached hydrogens (tertiary/aromatic N) is 2. The first-order chi connectivity index (χ1) is 8.16. The fraction of sp³-hybridized carbons (Fsp3) is 0.727. The second kappa shape index (κ2) is 7.93. The zero-order valence-corrected chi connectivity index (χ0v) is 11.8. The molecule has 0 spiro atoms. The highest BCUT2D eigenvalue weighted by Crippen LogP contribution is 2.18. The van der Waals surface area contributed by atoms with Crippen LogP contribution in [-0.2, 0) is 18.3 Å². The number of hydrogen-bond acceptors (Lipinski definition) is 3. The number of halogens is 2. The van der Waals surface area contributed by atoms with Crippen molar-refractivity contribution >= 4 is 23.2 Å². The molecule has 1 heterocycles. The summed E-state index contributed by atoms with van der Waals surface area (Å²) in [6.45, 7) is 4.88. The molecule has 0 atom stereocenters. The molecule has 1 aromatic rings. The fourth-order valence-electron chi connectivity index (χ4n) is 1.53. The van der Waals surface area contributed by atoms with Crippen LogP contribution in [0.15, 0.2) is 0 Å². The van der Waals surface area contributed by atoms with E-state index in [9.17, 15) is 0 Å². The van der Waals surface area contributed by atoms with Gasteiger partial charge in [-0.25, -0.2) is 0 Å². The molecule has 0 aromatic carbocycles. The lowest BCUT2D eigenvalue weighted by Gasteiger charge is -2.06. The number of ether oxygens (including phenoxy) is 1. The lowest BCUT2D eigenvalue weighted by Crippen LogP contribution is -2.18. The Hall–Kier alpha value is -0.290. The van der Waals surface area contributed by atoms with E-state index in [1.165, 1.54) is 0 Å². The van der Waals surface area contributed by atoms with Crippen LogP contribution < -0.4 is 5.32 Å². The summed E-state index contributed by atoms with van der Waals surface area (Å²) in [6.07, 6.45) is 0.964. The van der Waals surface area contributed by atoms with Crippen molar-refractivity contribution in [2.75, 3.05) is 25.6 Å². The zero-order chi connectivity index (χ0) is 12.7. The van der Waals surface area contributed by atoms with Crippen LogP contribution in [0.5, 0.6) is 0 Å². The summed E-state index contributed by atoms with van der Waals surface area (Å²) in [4.78, 5) is 0. The lowest BCUT2D eigenvalue weighted by atomic mass is 10.3. The first kappa shape index (κ1) is 14.8. The Labute approximate surface area is 112 Å². The smallest absolute Gasteiger partial charge is 0.0860 e. The van der Waals surface area contributed by atoms with Crippen LogP contribution in [0.1, 0.15) is 17.8 Å². The third-order valence-corrected chi connectivity index (χ3v) is 3.06. The Morgan fingerprint density at radius 1 is 1.41 bits per heavy atom. The molecule has 0 radical (unpaired) electrons. The van der Waals surface area contributed by atoms with E-state index in [1.807, 2.05) is 18.7 Å². The first-order valence-corrected chi connectivity index (χ1v) is 6.60. The number of hydrogen-bond donors (Lipinski definition) is 1. The van der Waals surface area contributed by atoms with Crippen LogP contribution in [0.3, 0.4) is 0 Å². The normalized spacial score (nSPS) is 11.1. The number of aromatic nitrogens is 2. The van der Waals surface area contributed by atoms with Crippen LogP contribution in [0.25, 0.3) is 0 Å². The van der Waals surface area contributed by atoms with Crippen molar-refractivity contribution in [1.82, 2.24) is 15.1 Å². The van der Waals surface area contributed by atoms with E-state index in [4.69, 9.17) is 27.9 Å². The van der Waals surface area contributed by atoms with Crippen molar-refractivity contribution in [3.8, 4) is 0 Å². The predicted octanol–water partition coefficient (Wildman–Crippen LogP) is 2.12. The highest BCUT2D eigenvalue weighted by atomic mass is 35.5. The van der Waals surface area contributed by atoms with Crippen LogP contribution in [0, 0.1) is 6.92 Å². The fourth-order valence-corrected chi connectivity index (χ4v) is 1.87. The minimum Gasteiger partial charge on any atom is -0.380 e. The van der Waals surface area contributed by atoms with Crippen molar-refractivity contribution in [3.63, 3.8) is 0 Å². The molecule has 1 N–H and O–H groups in total. The van der Waals surface area contributed by atoms with Gasteiger partial charge < -0.3 is 10.1 Å². The van der Waals surface area contributed by atoms with Gasteiger partial charge in [0.15, 0.2) is 0 Å². The molecular weight excluding hydrogens is 261 g/mol. The maximum atomic E-state index is 6.13. The molecule has 0 aliphatic rings. The van der Waals surface area contributed by atoms with Crippen molar-refractivity contribution in [1.29, 1.82) is 0 Å². The third kappa shape index (κ3) is 4.84. The Morgan fingerprint density at radius 3 is 2.76 bits per heavy atom. The van der Waals surface area contributed by atoms with Gasteiger partial charge in [0.1, 0.15) is 0 Å². The maximum absolute atomic E-state index is 6.13. The average molecular weight is 280 g/mol. The van der Waals surface area contributed by atoms with Gasteiger partial charge in [0.2, 0.25) is 0 Å². The van der Waals surface area contributed by atoms with Gasteiger partial charge in [-0.2, -0.15) is 5.10 Å². The van der Waals surface area contributed by atoms with Crippen LogP contribution in [0.2, 0.25) is 5.02 Å². The summed E-state index contributed by atoms with van der Waals surface area (Å²) < 4.78 is 7.09. The van der Waals surface area contributed by atoms with Gasteiger partial charge in [0, 0.05) is 26.1 Å². The highest BCUT2D eigenvalue weighted by Gasteiger charge is 2.09. The molecule has 0 saturated heterocycles. The van der Waals surface area contributed by atoms with Gasteiger partial charge in [0.05, 0.1) is 23.0 Å². The van der Waals surface area contributed by atoms with Crippen LogP contribution >= 0.6 is 23.2 Å². The summed E-state index contributed by atoms with van der Waals surface area (Å²) in [6, 6.07) is 0. The highest BCUT2D eigenvalue weighted by molar-refractivity contribution is 6.31. The number of aryl methyl sites for hydroxylation is 2. The SMILES string of the molecule is Cc1nn(C)c(CNCCCOCCCl)c1Cl. The molecule has 17 heavy (non-hydrogen) atoms. The molecule has 0 amide bonds. The Kier molecular flexibility index (Phi) is 6.89. The predicted molar refractivity (Wildman–Crippen MR) is 70.8 cm³/mol. The molecule has 0 bridgehead atoms. The minimum atomic E-state index is 0.553. The summed E-state index contributed by atoms with van der Waals surface area (Å²) >= 11 is 11.6.